The molecule has 1 amide bonds. The first kappa shape index (κ1) is 12.4. The molecule has 0 radical (unpaired) electrons. The molecule has 94 valence electrons. The summed E-state index contributed by atoms with van der Waals surface area (Å²) in [7, 11) is 0. The Labute approximate surface area is 110 Å². The second kappa shape index (κ2) is 5.07. The summed E-state index contributed by atoms with van der Waals surface area (Å²) < 4.78 is 0.515. The minimum absolute atomic E-state index is 0.150. The summed E-state index contributed by atoms with van der Waals surface area (Å²) in [5.41, 5.74) is 5.73. The number of rotatable bonds is 3. The molecule has 0 saturated heterocycles. The molecule has 5 N–H and O–H groups in total. The van der Waals surface area contributed by atoms with Crippen LogP contribution < -0.4 is 11.1 Å². The van der Waals surface area contributed by atoms with Crippen molar-refractivity contribution < 1.29 is 10.0 Å². The highest BCUT2D eigenvalue weighted by Gasteiger charge is 2.14. The Hall–Kier alpha value is -2.06. The van der Waals surface area contributed by atoms with Crippen LogP contribution in [0.4, 0.5) is 5.82 Å². The normalized spacial score (nSPS) is 11.5. The molecule has 9 heteroatoms. The molecule has 0 bridgehead atoms. The number of hydrogen-bond donors (Lipinski definition) is 4. The zero-order valence-corrected chi connectivity index (χ0v) is 10.4. The molecule has 0 aliphatic rings. The Balaban J connectivity index is 2.20. The summed E-state index contributed by atoms with van der Waals surface area (Å²) in [6, 6.07) is 3.22. The number of carbonyl (C=O) groups excluding carboxylic acids is 1. The Bertz CT molecular complexity index is 606. The van der Waals surface area contributed by atoms with Crippen LogP contribution in [0.3, 0.4) is 0 Å². The minimum Gasteiger partial charge on any atom is -0.409 e. The number of nitrogens with two attached hydrogens (primary N) is 1. The van der Waals surface area contributed by atoms with Gasteiger partial charge in [-0.3, -0.25) is 9.89 Å². The summed E-state index contributed by atoms with van der Waals surface area (Å²) >= 11 is 6.88. The van der Waals surface area contributed by atoms with Crippen LogP contribution in [0.25, 0.3) is 0 Å². The van der Waals surface area contributed by atoms with E-state index in [1.165, 1.54) is 6.20 Å². The number of amidine groups is 1. The summed E-state index contributed by atoms with van der Waals surface area (Å²) in [6.07, 6.45) is 1.34. The number of halogens is 1. The van der Waals surface area contributed by atoms with Gasteiger partial charge in [0, 0.05) is 0 Å². The summed E-state index contributed by atoms with van der Waals surface area (Å²) in [6.45, 7) is 0. The van der Waals surface area contributed by atoms with Crippen LogP contribution in [0, 0.1) is 0 Å². The minimum atomic E-state index is -0.358. The van der Waals surface area contributed by atoms with E-state index in [9.17, 15) is 4.79 Å². The van der Waals surface area contributed by atoms with E-state index in [0.717, 1.165) is 11.3 Å². The second-order valence-corrected chi connectivity index (χ2v) is 4.92. The van der Waals surface area contributed by atoms with Crippen LogP contribution in [0.1, 0.15) is 15.2 Å². The second-order valence-electron chi connectivity index (χ2n) is 3.20. The van der Waals surface area contributed by atoms with Gasteiger partial charge < -0.3 is 16.3 Å². The molecule has 0 aliphatic heterocycles. The molecule has 0 aromatic carbocycles. The average Bonchev–Trinajstić information content (AvgIpc) is 2.97. The SMILES string of the molecule is NC(=NO)c1cn[nH]c1NC(=O)c1ccc(Cl)s1. The van der Waals surface area contributed by atoms with Gasteiger partial charge >= 0.3 is 0 Å². The van der Waals surface area contributed by atoms with Gasteiger partial charge in [-0.1, -0.05) is 16.8 Å². The van der Waals surface area contributed by atoms with E-state index in [2.05, 4.69) is 20.7 Å². The van der Waals surface area contributed by atoms with E-state index in [1.54, 1.807) is 12.1 Å². The Morgan fingerprint density at radius 3 is 3.00 bits per heavy atom. The number of nitrogens with zero attached hydrogens (tertiary/aromatic N) is 2. The molecule has 0 atom stereocenters. The molecule has 2 aromatic heterocycles. The molecule has 0 fully saturated rings. The summed E-state index contributed by atoms with van der Waals surface area (Å²) in [5.74, 6) is -0.258. The number of aromatic nitrogens is 2. The highest BCUT2D eigenvalue weighted by molar-refractivity contribution is 7.18. The van der Waals surface area contributed by atoms with Crippen LogP contribution in [0.5, 0.6) is 0 Å². The average molecular weight is 286 g/mol. The maximum Gasteiger partial charge on any atom is 0.266 e. The van der Waals surface area contributed by atoms with E-state index in [0.29, 0.717) is 14.8 Å². The highest BCUT2D eigenvalue weighted by atomic mass is 35.5. The lowest BCUT2D eigenvalue weighted by molar-refractivity contribution is 0.103. The molecular formula is C9H8ClN5O2S. The van der Waals surface area contributed by atoms with Crippen LogP contribution in [-0.4, -0.2) is 27.1 Å². The van der Waals surface area contributed by atoms with Crippen molar-refractivity contribution in [2.75, 3.05) is 5.32 Å². The van der Waals surface area contributed by atoms with Crippen molar-refractivity contribution in [2.45, 2.75) is 0 Å². The maximum absolute atomic E-state index is 11.8. The number of aromatic amines is 1. The van der Waals surface area contributed by atoms with E-state index in [-0.39, 0.29) is 17.6 Å². The fraction of sp³-hybridized carbons (Fsp3) is 0. The molecule has 0 aliphatic carbocycles. The van der Waals surface area contributed by atoms with Crippen molar-refractivity contribution >= 4 is 40.5 Å². The number of hydrogen-bond acceptors (Lipinski definition) is 5. The third-order valence-electron chi connectivity index (χ3n) is 2.06. The molecule has 0 saturated carbocycles. The zero-order valence-electron chi connectivity index (χ0n) is 8.85. The van der Waals surface area contributed by atoms with E-state index < -0.39 is 0 Å². The van der Waals surface area contributed by atoms with Crippen LogP contribution >= 0.6 is 22.9 Å². The van der Waals surface area contributed by atoms with Crippen LogP contribution in [0.2, 0.25) is 4.34 Å². The zero-order chi connectivity index (χ0) is 13.1. The van der Waals surface area contributed by atoms with Gasteiger partial charge in [0.2, 0.25) is 0 Å². The Morgan fingerprint density at radius 1 is 1.61 bits per heavy atom. The fourth-order valence-electron chi connectivity index (χ4n) is 1.24. The van der Waals surface area contributed by atoms with Crippen molar-refractivity contribution in [2.24, 2.45) is 10.9 Å². The summed E-state index contributed by atoms with van der Waals surface area (Å²) in [5, 5.41) is 20.2. The third kappa shape index (κ3) is 2.44. The Kier molecular flexibility index (Phi) is 3.49. The molecule has 18 heavy (non-hydrogen) atoms. The Morgan fingerprint density at radius 2 is 2.39 bits per heavy atom. The number of carbonyl (C=O) groups is 1. The summed E-state index contributed by atoms with van der Waals surface area (Å²) in [4.78, 5) is 12.3. The van der Waals surface area contributed by atoms with Gasteiger partial charge in [-0.05, 0) is 12.1 Å². The number of H-pyrrole nitrogens is 1. The van der Waals surface area contributed by atoms with E-state index in [1.807, 2.05) is 0 Å². The van der Waals surface area contributed by atoms with Crippen molar-refractivity contribution in [3.05, 3.63) is 33.1 Å². The van der Waals surface area contributed by atoms with Gasteiger partial charge in [0.15, 0.2) is 5.84 Å². The molecular weight excluding hydrogens is 278 g/mol. The first-order valence-electron chi connectivity index (χ1n) is 4.69. The standard InChI is InChI=1S/C9H8ClN5O2S/c10-6-2-1-5(18-6)9(16)13-8-4(3-12-14-8)7(11)15-17/h1-3,17H,(H2,11,15)(H2,12,13,14,16). The highest BCUT2D eigenvalue weighted by Crippen LogP contribution is 2.22. The van der Waals surface area contributed by atoms with Crippen molar-refractivity contribution in [1.29, 1.82) is 0 Å². The van der Waals surface area contributed by atoms with Gasteiger partial charge in [0.05, 0.1) is 21.0 Å². The van der Waals surface area contributed by atoms with Gasteiger partial charge in [-0.2, -0.15) is 5.10 Å². The van der Waals surface area contributed by atoms with Gasteiger partial charge in [0.25, 0.3) is 5.91 Å². The van der Waals surface area contributed by atoms with Gasteiger partial charge in [-0.15, -0.1) is 11.3 Å². The lowest BCUT2D eigenvalue weighted by Crippen LogP contribution is -2.17. The molecule has 7 nitrogen and oxygen atoms in total. The first-order valence-corrected chi connectivity index (χ1v) is 5.89. The monoisotopic (exact) mass is 285 g/mol. The van der Waals surface area contributed by atoms with Crippen molar-refractivity contribution in [3.63, 3.8) is 0 Å². The molecule has 0 unspecified atom stereocenters. The predicted octanol–water partition coefficient (Wildman–Crippen LogP) is 1.47. The molecule has 2 heterocycles. The predicted molar refractivity (Wildman–Crippen MR) is 68.4 cm³/mol. The van der Waals surface area contributed by atoms with Crippen molar-refractivity contribution in [1.82, 2.24) is 10.2 Å². The van der Waals surface area contributed by atoms with E-state index in [4.69, 9.17) is 22.5 Å². The quantitative estimate of drug-likeness (QED) is 0.296. The number of oxime groups is 1. The third-order valence-corrected chi connectivity index (χ3v) is 3.29. The molecule has 2 aromatic rings. The van der Waals surface area contributed by atoms with Crippen molar-refractivity contribution in [3.8, 4) is 0 Å². The molecule has 2 rings (SSSR count). The number of nitrogens with one attached hydrogen (secondary N) is 2. The lowest BCUT2D eigenvalue weighted by Gasteiger charge is -2.02. The van der Waals surface area contributed by atoms with Gasteiger partial charge in [-0.25, -0.2) is 0 Å². The first-order chi connectivity index (χ1) is 8.61. The number of anilines is 1. The lowest BCUT2D eigenvalue weighted by atomic mass is 10.3. The fourth-order valence-corrected chi connectivity index (χ4v) is 2.18. The molecule has 0 spiro atoms. The van der Waals surface area contributed by atoms with Crippen LogP contribution in [0.15, 0.2) is 23.5 Å². The topological polar surface area (TPSA) is 116 Å². The number of amides is 1. The largest absolute Gasteiger partial charge is 0.409 e. The number of thiophene rings is 1. The van der Waals surface area contributed by atoms with E-state index >= 15 is 0 Å². The van der Waals surface area contributed by atoms with Gasteiger partial charge in [0.1, 0.15) is 5.82 Å². The smallest absolute Gasteiger partial charge is 0.266 e. The van der Waals surface area contributed by atoms with Crippen LogP contribution in [-0.2, 0) is 0 Å². The maximum atomic E-state index is 11.8.